The van der Waals surface area contributed by atoms with E-state index in [2.05, 4.69) is 16.0 Å². The van der Waals surface area contributed by atoms with E-state index in [1.54, 1.807) is 30.3 Å². The van der Waals surface area contributed by atoms with Crippen molar-refractivity contribution in [1.82, 2.24) is 0 Å². The van der Waals surface area contributed by atoms with Crippen molar-refractivity contribution < 1.29 is 18.8 Å². The molecule has 0 atom stereocenters. The fourth-order valence-corrected chi connectivity index (χ4v) is 2.07. The van der Waals surface area contributed by atoms with Crippen LogP contribution in [0.2, 0.25) is 0 Å². The van der Waals surface area contributed by atoms with Crippen LogP contribution < -0.4 is 16.0 Å². The second-order valence-corrected chi connectivity index (χ2v) is 6.27. The highest BCUT2D eigenvalue weighted by molar-refractivity contribution is 6.14. The lowest BCUT2D eigenvalue weighted by Gasteiger charge is -2.23. The highest BCUT2D eigenvalue weighted by atomic mass is 19.1. The number of benzene rings is 2. The molecular formula is C19H20FN3O3. The Balaban J connectivity index is 2.05. The molecule has 6 nitrogen and oxygen atoms in total. The minimum Gasteiger partial charge on any atom is -0.326 e. The predicted octanol–water partition coefficient (Wildman–Crippen LogP) is 3.39. The molecular weight excluding hydrogens is 337 g/mol. The van der Waals surface area contributed by atoms with Gasteiger partial charge in [0.25, 0.3) is 0 Å². The maximum atomic E-state index is 13.7. The van der Waals surface area contributed by atoms with Crippen molar-refractivity contribution in [2.24, 2.45) is 5.41 Å². The largest absolute Gasteiger partial charge is 0.326 e. The van der Waals surface area contributed by atoms with Gasteiger partial charge >= 0.3 is 0 Å². The topological polar surface area (TPSA) is 87.3 Å². The van der Waals surface area contributed by atoms with Crippen LogP contribution in [0.1, 0.15) is 20.8 Å². The quantitative estimate of drug-likeness (QED) is 0.717. The van der Waals surface area contributed by atoms with E-state index in [1.165, 1.54) is 39.0 Å². The molecule has 0 fully saturated rings. The van der Waals surface area contributed by atoms with Crippen LogP contribution in [0.5, 0.6) is 0 Å². The maximum absolute atomic E-state index is 13.7. The van der Waals surface area contributed by atoms with Crippen molar-refractivity contribution in [1.29, 1.82) is 0 Å². The summed E-state index contributed by atoms with van der Waals surface area (Å²) in [6, 6.07) is 12.2. The van der Waals surface area contributed by atoms with Crippen molar-refractivity contribution in [3.63, 3.8) is 0 Å². The summed E-state index contributed by atoms with van der Waals surface area (Å²) in [5, 5.41) is 7.68. The van der Waals surface area contributed by atoms with Gasteiger partial charge < -0.3 is 16.0 Å². The molecule has 0 saturated carbocycles. The van der Waals surface area contributed by atoms with Crippen LogP contribution in [0.15, 0.2) is 48.5 Å². The van der Waals surface area contributed by atoms with Crippen molar-refractivity contribution in [3.05, 3.63) is 54.3 Å². The number of halogens is 1. The van der Waals surface area contributed by atoms with Gasteiger partial charge in [0.2, 0.25) is 17.7 Å². The van der Waals surface area contributed by atoms with Crippen molar-refractivity contribution in [2.45, 2.75) is 20.8 Å². The average molecular weight is 357 g/mol. The number of anilines is 3. The summed E-state index contributed by atoms with van der Waals surface area (Å²) in [6.07, 6.45) is 0. The number of carbonyl (C=O) groups is 3. The van der Waals surface area contributed by atoms with E-state index in [9.17, 15) is 18.8 Å². The predicted molar refractivity (Wildman–Crippen MR) is 98.2 cm³/mol. The third kappa shape index (κ3) is 4.66. The van der Waals surface area contributed by atoms with E-state index in [4.69, 9.17) is 0 Å². The number of hydrogen-bond acceptors (Lipinski definition) is 3. The summed E-state index contributed by atoms with van der Waals surface area (Å²) < 4.78 is 13.7. The normalized spacial score (nSPS) is 10.8. The molecule has 2 aromatic rings. The van der Waals surface area contributed by atoms with Gasteiger partial charge in [-0.05, 0) is 50.2 Å². The zero-order chi connectivity index (χ0) is 19.3. The first-order valence-electron chi connectivity index (χ1n) is 7.95. The van der Waals surface area contributed by atoms with Gasteiger partial charge in [0, 0.05) is 18.3 Å². The molecule has 26 heavy (non-hydrogen) atoms. The third-order valence-electron chi connectivity index (χ3n) is 3.72. The van der Waals surface area contributed by atoms with Crippen molar-refractivity contribution in [2.75, 3.05) is 16.0 Å². The number of carbonyl (C=O) groups excluding carboxylic acids is 3. The van der Waals surface area contributed by atoms with Gasteiger partial charge in [0.15, 0.2) is 0 Å². The maximum Gasteiger partial charge on any atom is 0.239 e. The summed E-state index contributed by atoms with van der Waals surface area (Å²) in [5.41, 5.74) is -0.362. The SMILES string of the molecule is CC(=O)Nc1ccc(NC(=O)C(C)(C)C(=O)Nc2ccccc2F)cc1. The number of amides is 3. The molecule has 0 unspecified atom stereocenters. The lowest BCUT2D eigenvalue weighted by molar-refractivity contribution is -0.135. The molecule has 0 aliphatic heterocycles. The second kappa shape index (κ2) is 7.77. The Morgan fingerprint density at radius 1 is 0.808 bits per heavy atom. The fourth-order valence-electron chi connectivity index (χ4n) is 2.07. The minimum absolute atomic E-state index is 0.0121. The van der Waals surface area contributed by atoms with Crippen LogP contribution in [0, 0.1) is 11.2 Å². The van der Waals surface area contributed by atoms with Gasteiger partial charge in [-0.1, -0.05) is 12.1 Å². The molecule has 7 heteroatoms. The summed E-state index contributed by atoms with van der Waals surface area (Å²) in [5.74, 6) is -1.95. The van der Waals surface area contributed by atoms with Crippen LogP contribution >= 0.6 is 0 Å². The fraction of sp³-hybridized carbons (Fsp3) is 0.211. The molecule has 0 saturated heterocycles. The lowest BCUT2D eigenvalue weighted by Crippen LogP contribution is -2.41. The Kier molecular flexibility index (Phi) is 5.71. The molecule has 3 amide bonds. The van der Waals surface area contributed by atoms with E-state index in [0.29, 0.717) is 11.4 Å². The van der Waals surface area contributed by atoms with Gasteiger partial charge in [0.1, 0.15) is 11.2 Å². The molecule has 0 aliphatic rings. The van der Waals surface area contributed by atoms with E-state index >= 15 is 0 Å². The molecule has 0 bridgehead atoms. The molecule has 0 aliphatic carbocycles. The van der Waals surface area contributed by atoms with Gasteiger partial charge in [-0.2, -0.15) is 0 Å². The summed E-state index contributed by atoms with van der Waals surface area (Å²) in [7, 11) is 0. The van der Waals surface area contributed by atoms with Crippen molar-refractivity contribution in [3.8, 4) is 0 Å². The Bertz CT molecular complexity index is 832. The van der Waals surface area contributed by atoms with Gasteiger partial charge in [0.05, 0.1) is 5.69 Å². The molecule has 0 spiro atoms. The van der Waals surface area contributed by atoms with Crippen LogP contribution in [0.3, 0.4) is 0 Å². The van der Waals surface area contributed by atoms with Crippen LogP contribution in [-0.4, -0.2) is 17.7 Å². The van der Waals surface area contributed by atoms with Gasteiger partial charge in [-0.3, -0.25) is 14.4 Å². The monoisotopic (exact) mass is 357 g/mol. The Morgan fingerprint density at radius 2 is 1.31 bits per heavy atom. The molecule has 2 rings (SSSR count). The van der Waals surface area contributed by atoms with E-state index in [0.717, 1.165) is 0 Å². The third-order valence-corrected chi connectivity index (χ3v) is 3.72. The first-order valence-corrected chi connectivity index (χ1v) is 7.95. The molecule has 0 radical (unpaired) electrons. The van der Waals surface area contributed by atoms with Crippen LogP contribution in [0.4, 0.5) is 21.5 Å². The number of para-hydroxylation sites is 1. The molecule has 3 N–H and O–H groups in total. The zero-order valence-corrected chi connectivity index (χ0v) is 14.7. The van der Waals surface area contributed by atoms with Crippen LogP contribution in [-0.2, 0) is 14.4 Å². The van der Waals surface area contributed by atoms with Crippen LogP contribution in [0.25, 0.3) is 0 Å². The number of nitrogens with one attached hydrogen (secondary N) is 3. The van der Waals surface area contributed by atoms with E-state index in [-0.39, 0.29) is 11.6 Å². The Hall–Kier alpha value is -3.22. The summed E-state index contributed by atoms with van der Waals surface area (Å²) in [4.78, 5) is 35.9. The second-order valence-electron chi connectivity index (χ2n) is 6.27. The lowest BCUT2D eigenvalue weighted by atomic mass is 9.90. The first-order chi connectivity index (χ1) is 12.2. The van der Waals surface area contributed by atoms with E-state index < -0.39 is 23.0 Å². The average Bonchev–Trinajstić information content (AvgIpc) is 2.58. The number of rotatable bonds is 5. The molecule has 136 valence electrons. The van der Waals surface area contributed by atoms with Crippen molar-refractivity contribution >= 4 is 34.8 Å². The highest BCUT2D eigenvalue weighted by Gasteiger charge is 2.36. The summed E-state index contributed by atoms with van der Waals surface area (Å²) in [6.45, 7) is 4.29. The smallest absolute Gasteiger partial charge is 0.239 e. The van der Waals surface area contributed by atoms with Gasteiger partial charge in [-0.15, -0.1) is 0 Å². The Morgan fingerprint density at radius 3 is 1.85 bits per heavy atom. The molecule has 2 aromatic carbocycles. The standard InChI is InChI=1S/C19H20FN3O3/c1-12(24)21-13-8-10-14(11-9-13)22-17(25)19(2,3)18(26)23-16-7-5-4-6-15(16)20/h4-11H,1-3H3,(H,21,24)(H,22,25)(H,23,26). The number of hydrogen-bond donors (Lipinski definition) is 3. The zero-order valence-electron chi connectivity index (χ0n) is 14.7. The minimum atomic E-state index is -1.43. The first kappa shape index (κ1) is 19.1. The molecule has 0 aromatic heterocycles. The van der Waals surface area contributed by atoms with Gasteiger partial charge in [-0.25, -0.2) is 4.39 Å². The molecule has 0 heterocycles. The van der Waals surface area contributed by atoms with E-state index in [1.807, 2.05) is 0 Å². The summed E-state index contributed by atoms with van der Waals surface area (Å²) >= 11 is 0. The Labute approximate surface area is 150 Å². The highest BCUT2D eigenvalue weighted by Crippen LogP contribution is 2.23.